The summed E-state index contributed by atoms with van der Waals surface area (Å²) in [4.78, 5) is 2.43. The van der Waals surface area contributed by atoms with Crippen molar-refractivity contribution in [3.05, 3.63) is 0 Å². The van der Waals surface area contributed by atoms with E-state index in [2.05, 4.69) is 25.9 Å². The first-order chi connectivity index (χ1) is 7.68. The van der Waals surface area contributed by atoms with Gasteiger partial charge in [0, 0.05) is 6.04 Å². The predicted octanol–water partition coefficient (Wildman–Crippen LogP) is 3.73. The molecule has 2 heteroatoms. The molecule has 0 spiro atoms. The maximum Gasteiger partial charge on any atom is 0.00950 e. The Hall–Kier alpha value is 0.390. The predicted molar refractivity (Wildman–Crippen MR) is 74.8 cm³/mol. The highest BCUT2D eigenvalue weighted by Crippen LogP contribution is 2.47. The van der Waals surface area contributed by atoms with Crippen LogP contribution >= 0.6 is 8.58 Å². The second-order valence-corrected chi connectivity index (χ2v) is 7.94. The fraction of sp³-hybridized carbons (Fsp3) is 1.00. The van der Waals surface area contributed by atoms with E-state index in [0.29, 0.717) is 0 Å². The number of hydrogen-bond acceptors (Lipinski definition) is 1. The molecule has 2 rings (SSSR count). The average Bonchev–Trinajstić information content (AvgIpc) is 2.88. The molecule has 0 aromatic rings. The topological polar surface area (TPSA) is 3.24 Å². The van der Waals surface area contributed by atoms with Crippen molar-refractivity contribution < 1.29 is 0 Å². The van der Waals surface area contributed by atoms with Crippen molar-refractivity contribution >= 4 is 8.58 Å². The van der Waals surface area contributed by atoms with Crippen LogP contribution in [0.2, 0.25) is 0 Å². The lowest BCUT2D eigenvalue weighted by atomic mass is 9.98. The summed E-state index contributed by atoms with van der Waals surface area (Å²) in [5, 5.41) is 0. The highest BCUT2D eigenvalue weighted by molar-refractivity contribution is 7.39. The zero-order valence-electron chi connectivity index (χ0n) is 11.2. The van der Waals surface area contributed by atoms with Crippen LogP contribution in [-0.4, -0.2) is 36.4 Å². The van der Waals surface area contributed by atoms with Crippen LogP contribution in [0.5, 0.6) is 0 Å². The minimum absolute atomic E-state index is 0.793. The van der Waals surface area contributed by atoms with E-state index in [4.69, 9.17) is 0 Å². The molecule has 0 aliphatic heterocycles. The molecule has 0 aromatic carbocycles. The average molecular weight is 241 g/mol. The number of nitrogens with zero attached hydrogens (tertiary/aromatic N) is 1. The Morgan fingerprint density at radius 2 is 1.69 bits per heavy atom. The monoisotopic (exact) mass is 241 g/mol. The molecule has 0 bridgehead atoms. The van der Waals surface area contributed by atoms with Gasteiger partial charge in [0.15, 0.2) is 0 Å². The molecule has 2 saturated carbocycles. The van der Waals surface area contributed by atoms with Gasteiger partial charge in [-0.3, -0.25) is 0 Å². The molecule has 0 aromatic heterocycles. The summed E-state index contributed by atoms with van der Waals surface area (Å²) in [6, 6.07) is 0.793. The van der Waals surface area contributed by atoms with Crippen LogP contribution in [0.4, 0.5) is 0 Å². The summed E-state index contributed by atoms with van der Waals surface area (Å²) in [6.07, 6.45) is 10.6. The SMILES string of the molecule is CC(C1CCCC1PC1CCCC1)N(C)C. The van der Waals surface area contributed by atoms with Gasteiger partial charge in [-0.1, -0.05) is 19.3 Å². The second-order valence-electron chi connectivity index (χ2n) is 6.05. The van der Waals surface area contributed by atoms with Gasteiger partial charge in [0.05, 0.1) is 0 Å². The molecule has 4 atom stereocenters. The zero-order chi connectivity index (χ0) is 11.5. The van der Waals surface area contributed by atoms with Crippen molar-refractivity contribution in [1.29, 1.82) is 0 Å². The standard InChI is InChI=1S/C14H28NP/c1-11(15(2)3)13-9-6-10-14(13)16-12-7-4-5-8-12/h11-14,16H,4-10H2,1-3H3. The van der Waals surface area contributed by atoms with Gasteiger partial charge >= 0.3 is 0 Å². The van der Waals surface area contributed by atoms with E-state index < -0.39 is 0 Å². The normalized spacial score (nSPS) is 34.5. The maximum atomic E-state index is 2.43. The lowest BCUT2D eigenvalue weighted by Gasteiger charge is -2.32. The first-order valence-corrected chi connectivity index (χ1v) is 8.26. The van der Waals surface area contributed by atoms with Crippen LogP contribution in [0.3, 0.4) is 0 Å². The summed E-state index contributed by atoms with van der Waals surface area (Å²) in [7, 11) is 5.78. The Labute approximate surface area is 103 Å². The third kappa shape index (κ3) is 2.99. The summed E-state index contributed by atoms with van der Waals surface area (Å²) >= 11 is 0. The molecule has 94 valence electrons. The van der Waals surface area contributed by atoms with Gasteiger partial charge in [-0.15, -0.1) is 8.58 Å². The molecule has 0 radical (unpaired) electrons. The molecule has 0 saturated heterocycles. The van der Waals surface area contributed by atoms with E-state index in [1.807, 2.05) is 0 Å². The zero-order valence-corrected chi connectivity index (χ0v) is 12.2. The van der Waals surface area contributed by atoms with Crippen molar-refractivity contribution in [2.75, 3.05) is 14.1 Å². The summed E-state index contributed by atoms with van der Waals surface area (Å²) in [5.74, 6) is 0.994. The molecule has 1 nitrogen and oxygen atoms in total. The molecule has 0 heterocycles. The van der Waals surface area contributed by atoms with Crippen LogP contribution in [0, 0.1) is 5.92 Å². The van der Waals surface area contributed by atoms with Crippen LogP contribution < -0.4 is 0 Å². The van der Waals surface area contributed by atoms with E-state index in [0.717, 1.165) is 23.3 Å². The first-order valence-electron chi connectivity index (χ1n) is 7.11. The van der Waals surface area contributed by atoms with Crippen molar-refractivity contribution in [2.45, 2.75) is 69.2 Å². The van der Waals surface area contributed by atoms with E-state index in [1.54, 1.807) is 0 Å². The molecule has 0 N–H and O–H groups in total. The van der Waals surface area contributed by atoms with Gasteiger partial charge in [-0.2, -0.15) is 0 Å². The van der Waals surface area contributed by atoms with Crippen LogP contribution in [0.25, 0.3) is 0 Å². The Morgan fingerprint density at radius 1 is 1.00 bits per heavy atom. The summed E-state index contributed by atoms with van der Waals surface area (Å²) < 4.78 is 0. The number of hydrogen-bond donors (Lipinski definition) is 0. The van der Waals surface area contributed by atoms with E-state index in [-0.39, 0.29) is 0 Å². The van der Waals surface area contributed by atoms with Crippen molar-refractivity contribution in [2.24, 2.45) is 5.92 Å². The molecule has 4 unspecified atom stereocenters. The molecule has 2 aliphatic rings. The van der Waals surface area contributed by atoms with Crippen LogP contribution in [0.1, 0.15) is 51.9 Å². The van der Waals surface area contributed by atoms with Crippen molar-refractivity contribution in [1.82, 2.24) is 4.90 Å². The second kappa shape index (κ2) is 5.83. The Morgan fingerprint density at radius 3 is 2.31 bits per heavy atom. The fourth-order valence-corrected chi connectivity index (χ4v) is 5.96. The number of rotatable bonds is 4. The Balaban J connectivity index is 1.87. The largest absolute Gasteiger partial charge is 0.306 e. The van der Waals surface area contributed by atoms with Gasteiger partial charge in [-0.25, -0.2) is 0 Å². The lowest BCUT2D eigenvalue weighted by Crippen LogP contribution is -2.35. The van der Waals surface area contributed by atoms with Gasteiger partial charge in [-0.05, 0) is 63.9 Å². The van der Waals surface area contributed by atoms with E-state index >= 15 is 0 Å². The molecular weight excluding hydrogens is 213 g/mol. The lowest BCUT2D eigenvalue weighted by molar-refractivity contribution is 0.232. The molecule has 2 fully saturated rings. The van der Waals surface area contributed by atoms with Crippen molar-refractivity contribution in [3.63, 3.8) is 0 Å². The quantitative estimate of drug-likeness (QED) is 0.678. The van der Waals surface area contributed by atoms with Crippen LogP contribution in [-0.2, 0) is 0 Å². The first kappa shape index (κ1) is 12.8. The van der Waals surface area contributed by atoms with E-state index in [9.17, 15) is 0 Å². The van der Waals surface area contributed by atoms with Gasteiger partial charge < -0.3 is 4.90 Å². The third-order valence-electron chi connectivity index (χ3n) is 4.81. The molecule has 2 aliphatic carbocycles. The molecular formula is C14H28NP. The summed E-state index contributed by atoms with van der Waals surface area (Å²) in [6.45, 7) is 2.43. The minimum atomic E-state index is 0.793. The Kier molecular flexibility index (Phi) is 4.67. The molecule has 0 amide bonds. The van der Waals surface area contributed by atoms with Gasteiger partial charge in [0.2, 0.25) is 0 Å². The highest BCUT2D eigenvalue weighted by atomic mass is 31.1. The van der Waals surface area contributed by atoms with E-state index in [1.165, 1.54) is 53.5 Å². The van der Waals surface area contributed by atoms with Gasteiger partial charge in [0.1, 0.15) is 0 Å². The molecule has 16 heavy (non-hydrogen) atoms. The highest BCUT2D eigenvalue weighted by Gasteiger charge is 2.34. The Bertz CT molecular complexity index is 211. The smallest absolute Gasteiger partial charge is 0.00950 e. The minimum Gasteiger partial charge on any atom is -0.306 e. The van der Waals surface area contributed by atoms with Crippen LogP contribution in [0.15, 0.2) is 0 Å². The van der Waals surface area contributed by atoms with Gasteiger partial charge in [0.25, 0.3) is 0 Å². The summed E-state index contributed by atoms with van der Waals surface area (Å²) in [5.41, 5.74) is 2.18. The maximum absolute atomic E-state index is 2.43. The van der Waals surface area contributed by atoms with Crippen molar-refractivity contribution in [3.8, 4) is 0 Å². The third-order valence-corrected chi connectivity index (χ3v) is 7.00. The fourth-order valence-electron chi connectivity index (χ4n) is 3.55.